The number of hydrogen-bond donors (Lipinski definition) is 0. The molecule has 0 aromatic rings. The van der Waals surface area contributed by atoms with Crippen LogP contribution in [0.25, 0.3) is 0 Å². The molecule has 9 nitrogen and oxygen atoms in total. The highest BCUT2D eigenvalue weighted by molar-refractivity contribution is 5.70. The summed E-state index contributed by atoms with van der Waals surface area (Å²) in [5.41, 5.74) is 0. The number of rotatable bonds is 56. The number of likely N-dealkylation sites (N-methyl/N-ethyl adjacent to an activating group) is 1. The summed E-state index contributed by atoms with van der Waals surface area (Å²) < 4.78 is 22.7. The maximum atomic E-state index is 12.8. The van der Waals surface area contributed by atoms with Gasteiger partial charge in [-0.2, -0.15) is 0 Å². The van der Waals surface area contributed by atoms with E-state index in [1.165, 1.54) is 154 Å². The summed E-state index contributed by atoms with van der Waals surface area (Å²) in [6.45, 7) is 4.60. The summed E-state index contributed by atoms with van der Waals surface area (Å²) in [7, 11) is 5.91. The molecule has 0 fully saturated rings. The van der Waals surface area contributed by atoms with Crippen molar-refractivity contribution in [2.24, 2.45) is 0 Å². The molecule has 0 spiro atoms. The number of allylic oxidation sites excluding steroid dienone is 14. The molecule has 0 bridgehead atoms. The molecule has 0 heterocycles. The van der Waals surface area contributed by atoms with E-state index in [0.717, 1.165) is 70.6 Å². The van der Waals surface area contributed by atoms with E-state index >= 15 is 0 Å². The van der Waals surface area contributed by atoms with Gasteiger partial charge in [-0.05, 0) is 89.9 Å². The van der Waals surface area contributed by atoms with Crippen LogP contribution in [0.2, 0.25) is 0 Å². The van der Waals surface area contributed by atoms with Gasteiger partial charge in [0.05, 0.1) is 40.3 Å². The van der Waals surface area contributed by atoms with Crippen molar-refractivity contribution < 1.29 is 42.9 Å². The second-order valence-corrected chi connectivity index (χ2v) is 21.6. The van der Waals surface area contributed by atoms with Gasteiger partial charge in [-0.3, -0.25) is 9.59 Å². The average molecular weight is 1050 g/mol. The first kappa shape index (κ1) is 71.5. The normalized spacial score (nSPS) is 13.3. The Kier molecular flexibility index (Phi) is 54.0. The number of hydrogen-bond acceptors (Lipinski definition) is 8. The number of esters is 2. The van der Waals surface area contributed by atoms with Crippen molar-refractivity contribution in [3.8, 4) is 0 Å². The molecule has 0 radical (unpaired) electrons. The number of quaternary nitrogens is 1. The average Bonchev–Trinajstić information content (AvgIpc) is 3.38. The van der Waals surface area contributed by atoms with Gasteiger partial charge in [0.2, 0.25) is 0 Å². The first-order chi connectivity index (χ1) is 36.6. The molecule has 9 heteroatoms. The zero-order chi connectivity index (χ0) is 54.8. The third kappa shape index (κ3) is 58.0. The predicted octanol–water partition coefficient (Wildman–Crippen LogP) is 17.0. The molecule has 0 aliphatic rings. The van der Waals surface area contributed by atoms with E-state index in [9.17, 15) is 19.5 Å². The SMILES string of the molecule is CC/C=C\C/C=C\C/C=C\C/C=C\C/C=C\C/C=C\CCCCC(=O)OC(COC(=O)CCCCCCCCCCCCCCCCCCC/C=C\CCCCCCCCCC)COC(OCC[N+](C)(C)C)C(=O)[O-]. The lowest BCUT2D eigenvalue weighted by Crippen LogP contribution is -2.44. The van der Waals surface area contributed by atoms with Crippen LogP contribution in [0.1, 0.15) is 258 Å². The third-order valence-corrected chi connectivity index (χ3v) is 13.1. The number of carboxylic acid groups (broad SMARTS) is 1. The maximum Gasteiger partial charge on any atom is 0.306 e. The minimum absolute atomic E-state index is 0.136. The van der Waals surface area contributed by atoms with Crippen LogP contribution in [0.4, 0.5) is 0 Å². The summed E-state index contributed by atoms with van der Waals surface area (Å²) in [5, 5.41) is 11.8. The molecule has 0 aliphatic carbocycles. The van der Waals surface area contributed by atoms with Crippen LogP contribution < -0.4 is 5.11 Å². The van der Waals surface area contributed by atoms with E-state index in [0.29, 0.717) is 17.4 Å². The summed E-state index contributed by atoms with van der Waals surface area (Å²) in [6, 6.07) is 0. The first-order valence-electron chi connectivity index (χ1n) is 30.7. The van der Waals surface area contributed by atoms with Gasteiger partial charge >= 0.3 is 11.9 Å². The second kappa shape index (κ2) is 56.7. The van der Waals surface area contributed by atoms with Crippen molar-refractivity contribution in [1.82, 2.24) is 0 Å². The van der Waals surface area contributed by atoms with Crippen LogP contribution in [-0.2, 0) is 33.3 Å². The van der Waals surface area contributed by atoms with Gasteiger partial charge in [-0.1, -0.05) is 240 Å². The number of carbonyl (C=O) groups excluding carboxylic acids is 3. The van der Waals surface area contributed by atoms with Gasteiger partial charge in [0.25, 0.3) is 0 Å². The summed E-state index contributed by atoms with van der Waals surface area (Å²) in [4.78, 5) is 37.3. The summed E-state index contributed by atoms with van der Waals surface area (Å²) in [5.74, 6) is -2.34. The molecule has 0 saturated carbocycles. The van der Waals surface area contributed by atoms with Gasteiger partial charge in [-0.25, -0.2) is 0 Å². The Balaban J connectivity index is 4.22. The Morgan fingerprint density at radius 1 is 0.413 bits per heavy atom. The highest BCUT2D eigenvalue weighted by Gasteiger charge is 2.22. The first-order valence-corrected chi connectivity index (χ1v) is 30.7. The largest absolute Gasteiger partial charge is 0.545 e. The van der Waals surface area contributed by atoms with E-state index in [4.69, 9.17) is 18.9 Å². The third-order valence-electron chi connectivity index (χ3n) is 13.1. The Labute approximate surface area is 461 Å². The fraction of sp³-hybridized carbons (Fsp3) is 0.742. The molecule has 2 unspecified atom stereocenters. The van der Waals surface area contributed by atoms with Gasteiger partial charge in [0, 0.05) is 12.8 Å². The number of carboxylic acids is 1. The molecule has 0 N–H and O–H groups in total. The van der Waals surface area contributed by atoms with Crippen molar-refractivity contribution in [2.45, 2.75) is 270 Å². The van der Waals surface area contributed by atoms with Gasteiger partial charge in [0.15, 0.2) is 12.4 Å². The van der Waals surface area contributed by atoms with Crippen molar-refractivity contribution in [2.75, 3.05) is 47.5 Å². The lowest BCUT2D eigenvalue weighted by molar-refractivity contribution is -0.870. The fourth-order valence-electron chi connectivity index (χ4n) is 8.42. The van der Waals surface area contributed by atoms with Crippen molar-refractivity contribution >= 4 is 17.9 Å². The quantitative estimate of drug-likeness (QED) is 0.0195. The lowest BCUT2D eigenvalue weighted by atomic mass is 10.0. The Morgan fingerprint density at radius 3 is 1.17 bits per heavy atom. The van der Waals surface area contributed by atoms with E-state index in [-0.39, 0.29) is 38.6 Å². The number of aliphatic carboxylic acids is 1. The summed E-state index contributed by atoms with van der Waals surface area (Å²) in [6.07, 6.45) is 72.2. The molecule has 0 aromatic heterocycles. The monoisotopic (exact) mass is 1050 g/mol. The van der Waals surface area contributed by atoms with Gasteiger partial charge < -0.3 is 33.3 Å². The van der Waals surface area contributed by atoms with Crippen molar-refractivity contribution in [3.63, 3.8) is 0 Å². The molecule has 0 rings (SSSR count). The van der Waals surface area contributed by atoms with Crippen LogP contribution in [0.5, 0.6) is 0 Å². The van der Waals surface area contributed by atoms with E-state index in [1.54, 1.807) is 0 Å². The van der Waals surface area contributed by atoms with E-state index in [1.807, 2.05) is 21.1 Å². The second-order valence-electron chi connectivity index (χ2n) is 21.6. The Bertz CT molecular complexity index is 1500. The van der Waals surface area contributed by atoms with Crippen LogP contribution >= 0.6 is 0 Å². The highest BCUT2D eigenvalue weighted by atomic mass is 16.7. The number of unbranched alkanes of at least 4 members (excludes halogenated alkanes) is 27. The van der Waals surface area contributed by atoms with Crippen molar-refractivity contribution in [3.05, 3.63) is 85.1 Å². The Hall–Kier alpha value is -3.53. The molecule has 0 aliphatic heterocycles. The van der Waals surface area contributed by atoms with E-state index in [2.05, 4.69) is 98.9 Å². The van der Waals surface area contributed by atoms with Gasteiger partial charge in [0.1, 0.15) is 13.2 Å². The molecule has 0 aromatic carbocycles. The maximum absolute atomic E-state index is 12.8. The molecular formula is C66H115NO8. The zero-order valence-electron chi connectivity index (χ0n) is 49.1. The minimum atomic E-state index is -1.64. The standard InChI is InChI=1S/C66H115NO8/c1-6-8-10-12-14-16-18-20-22-24-26-28-29-30-31-32-33-34-35-37-38-40-42-44-46-48-50-52-54-56-63(68)73-60-62(61-74-66(65(70)71)72-59-58-67(3,4)5)75-64(69)57-55-53-51-49-47-45-43-41-39-36-27-25-23-21-19-17-15-13-11-9-7-2/h9,11,15,17,21,23-24,26-27,36,41,43,47,49,62,66H,6-8,10,12-14,16,18-20,22,25,28-35,37-40,42,44-46,48,50-61H2,1-5H3/b11-9-,17-15-,23-21-,26-24-,36-27-,43-41-,49-47-. The molecule has 432 valence electrons. The topological polar surface area (TPSA) is 111 Å². The van der Waals surface area contributed by atoms with Crippen LogP contribution in [-0.4, -0.2) is 82.3 Å². The van der Waals surface area contributed by atoms with E-state index < -0.39 is 24.3 Å². The summed E-state index contributed by atoms with van der Waals surface area (Å²) >= 11 is 0. The van der Waals surface area contributed by atoms with Crippen molar-refractivity contribution in [1.29, 1.82) is 0 Å². The predicted molar refractivity (Wildman–Crippen MR) is 315 cm³/mol. The minimum Gasteiger partial charge on any atom is -0.545 e. The van der Waals surface area contributed by atoms with Crippen LogP contribution in [0.3, 0.4) is 0 Å². The number of carbonyl (C=O) groups is 3. The molecule has 0 amide bonds. The van der Waals surface area contributed by atoms with Crippen LogP contribution in [0.15, 0.2) is 85.1 Å². The molecular weight excluding hydrogens is 935 g/mol. The lowest BCUT2D eigenvalue weighted by Gasteiger charge is -2.26. The molecule has 0 saturated heterocycles. The number of nitrogens with zero attached hydrogens (tertiary/aromatic N) is 1. The molecule has 2 atom stereocenters. The fourth-order valence-corrected chi connectivity index (χ4v) is 8.42. The molecule has 75 heavy (non-hydrogen) atoms. The van der Waals surface area contributed by atoms with Gasteiger partial charge in [-0.15, -0.1) is 0 Å². The number of ether oxygens (including phenoxy) is 4. The van der Waals surface area contributed by atoms with Crippen LogP contribution in [0, 0.1) is 0 Å². The Morgan fingerprint density at radius 2 is 0.760 bits per heavy atom. The zero-order valence-corrected chi connectivity index (χ0v) is 49.1. The smallest absolute Gasteiger partial charge is 0.306 e. The highest BCUT2D eigenvalue weighted by Crippen LogP contribution is 2.16.